The molecule has 0 saturated heterocycles. The Morgan fingerprint density at radius 2 is 1.39 bits per heavy atom. The van der Waals surface area contributed by atoms with Gasteiger partial charge in [0.25, 0.3) is 0 Å². The molecule has 0 spiro atoms. The first-order chi connectivity index (χ1) is 26.5. The summed E-state index contributed by atoms with van der Waals surface area (Å²) in [5, 5.41) is -4.70. The zero-order chi connectivity index (χ0) is 40.5. The van der Waals surface area contributed by atoms with Gasteiger partial charge in [-0.15, -0.1) is 0 Å². The summed E-state index contributed by atoms with van der Waals surface area (Å²) in [6, 6.07) is 32.2. The highest BCUT2D eigenvalue weighted by Gasteiger charge is 2.66. The van der Waals surface area contributed by atoms with E-state index in [1.165, 1.54) is 14.7 Å². The van der Waals surface area contributed by atoms with Crippen LogP contribution in [0, 0.1) is 46.3 Å². The molecule has 8 atom stereocenters. The van der Waals surface area contributed by atoms with Crippen LogP contribution < -0.4 is 0 Å². The molecule has 3 aromatic rings. The predicted octanol–water partition coefficient (Wildman–Crippen LogP) is 8.45. The third-order valence-corrected chi connectivity index (χ3v) is 16.5. The zero-order valence-corrected chi connectivity index (χ0v) is 33.7. The van der Waals surface area contributed by atoms with E-state index in [-0.39, 0.29) is 82.0 Å². The second-order valence-corrected chi connectivity index (χ2v) is 20.0. The number of ether oxygens (including phenoxy) is 1. The van der Waals surface area contributed by atoms with Crippen molar-refractivity contribution in [3.63, 3.8) is 0 Å². The minimum absolute atomic E-state index is 0.00854. The second-order valence-electron chi connectivity index (χ2n) is 16.5. The Morgan fingerprint density at radius 3 is 1.91 bits per heavy atom. The lowest BCUT2D eigenvalue weighted by molar-refractivity contribution is -0.166. The van der Waals surface area contributed by atoms with Gasteiger partial charge in [-0.05, 0) is 97.1 Å². The number of carbonyl (C=O) groups is 4. The number of alkyl halides is 2. The summed E-state index contributed by atoms with van der Waals surface area (Å²) in [5.74, 6) is -1.26. The topological polar surface area (TPSA) is 135 Å². The van der Waals surface area contributed by atoms with Crippen molar-refractivity contribution in [1.29, 1.82) is 0 Å². The van der Waals surface area contributed by atoms with Gasteiger partial charge in [-0.2, -0.15) is 8.78 Å². The fourth-order valence-electron chi connectivity index (χ4n) is 10.3. The lowest BCUT2D eigenvalue weighted by Crippen LogP contribution is -2.60. The molecule has 12 heteroatoms. The lowest BCUT2D eigenvalue weighted by atomic mass is 9.44. The minimum atomic E-state index is -5.94. The van der Waals surface area contributed by atoms with Crippen LogP contribution in [0.2, 0.25) is 0 Å². The lowest BCUT2D eigenvalue weighted by Gasteiger charge is -2.58. The van der Waals surface area contributed by atoms with Crippen LogP contribution in [0.3, 0.4) is 0 Å². The van der Waals surface area contributed by atoms with Crippen molar-refractivity contribution < 1.29 is 45.7 Å². The van der Waals surface area contributed by atoms with Gasteiger partial charge >= 0.3 is 11.2 Å². The molecule has 0 unspecified atom stereocenters. The standard InChI is InChI=1S/C26H36F2O8S.C18H15S/c1-14(4-7-22(32)36-13-26(27,28)37(33,34)35)17-5-6-18-23-19(12-21(31)25(17,18)3)24(2)9-8-16(29)10-15(24)11-20(23)30;1-4-10-16(11-5-1)19(17-12-6-2-7-13-17)18-14-8-3-9-15-18/h14-15,17-19,23H,4-13H2,1-3H3,(H,33,34,35);1-15H/q;+1/p-1/t14-,15+,17-,18+,19+,23+,24+,25-;/m1./s1. The minimum Gasteiger partial charge on any atom is -0.743 e. The van der Waals surface area contributed by atoms with Crippen molar-refractivity contribution >= 4 is 44.3 Å². The summed E-state index contributed by atoms with van der Waals surface area (Å²) in [6.45, 7) is 4.12. The quantitative estimate of drug-likeness (QED) is 0.113. The summed E-state index contributed by atoms with van der Waals surface area (Å²) < 4.78 is 62.6. The molecule has 0 radical (unpaired) electrons. The molecule has 0 N–H and O–H groups in total. The summed E-state index contributed by atoms with van der Waals surface area (Å²) in [6.07, 6.45) is 3.66. The summed E-state index contributed by atoms with van der Waals surface area (Å²) in [5.41, 5.74) is -0.950. The molecule has 7 rings (SSSR count). The maximum Gasteiger partial charge on any atom is 0.367 e. The molecule has 0 aliphatic heterocycles. The number of halogens is 2. The van der Waals surface area contributed by atoms with Gasteiger partial charge in [0.05, 0.1) is 10.9 Å². The van der Waals surface area contributed by atoms with Crippen molar-refractivity contribution in [3.05, 3.63) is 91.0 Å². The van der Waals surface area contributed by atoms with E-state index in [0.29, 0.717) is 44.9 Å². The Labute approximate surface area is 331 Å². The van der Waals surface area contributed by atoms with E-state index < -0.39 is 33.4 Å². The van der Waals surface area contributed by atoms with E-state index in [1.807, 2.05) is 13.8 Å². The van der Waals surface area contributed by atoms with Crippen LogP contribution in [-0.4, -0.2) is 48.2 Å². The molecule has 4 aliphatic rings. The zero-order valence-electron chi connectivity index (χ0n) is 32.0. The number of hydrogen-bond donors (Lipinski definition) is 0. The Kier molecular flexibility index (Phi) is 12.4. The molecule has 4 fully saturated rings. The number of hydrogen-bond acceptors (Lipinski definition) is 8. The molecule has 4 aliphatic carbocycles. The van der Waals surface area contributed by atoms with Gasteiger partial charge < -0.3 is 9.29 Å². The second kappa shape index (κ2) is 16.6. The number of esters is 1. The average Bonchev–Trinajstić information content (AvgIpc) is 3.53. The van der Waals surface area contributed by atoms with E-state index in [1.54, 1.807) is 0 Å². The number of fused-ring (bicyclic) bond motifs is 5. The fourth-order valence-corrected chi connectivity index (χ4v) is 12.6. The highest BCUT2D eigenvalue weighted by Crippen LogP contribution is 2.66. The predicted molar refractivity (Wildman–Crippen MR) is 206 cm³/mol. The number of rotatable bonds is 10. The molecule has 0 heterocycles. The van der Waals surface area contributed by atoms with Gasteiger partial charge in [0, 0.05) is 43.4 Å². The van der Waals surface area contributed by atoms with Gasteiger partial charge in [0.15, 0.2) is 31.4 Å². The van der Waals surface area contributed by atoms with E-state index in [9.17, 15) is 40.9 Å². The Bertz CT molecular complexity index is 1920. The van der Waals surface area contributed by atoms with Gasteiger partial charge in [0.2, 0.25) is 0 Å². The molecule has 0 amide bonds. The molecule has 56 heavy (non-hydrogen) atoms. The maximum atomic E-state index is 13.8. The Hall–Kier alpha value is -3.74. The van der Waals surface area contributed by atoms with Gasteiger partial charge in [0.1, 0.15) is 17.3 Å². The smallest absolute Gasteiger partial charge is 0.367 e. The first kappa shape index (κ1) is 41.9. The SMILES string of the molecule is C[C@H](CCC(=O)OCC(F)(F)S(=O)(=O)[O-])[C@H]1CC[C@H]2[C@@H]3C(=O)C[C@@H]4CC(=O)CC[C@]4(C)[C@H]3CC(=O)[C@]12C.c1ccc([S+](c2ccccc2)c2ccccc2)cc1. The largest absolute Gasteiger partial charge is 0.743 e. The van der Waals surface area contributed by atoms with Crippen LogP contribution in [0.25, 0.3) is 0 Å². The summed E-state index contributed by atoms with van der Waals surface area (Å²) >= 11 is 0. The highest BCUT2D eigenvalue weighted by molar-refractivity contribution is 7.97. The number of Topliss-reactive ketones (excluding diaryl/α,β-unsaturated/α-hetero) is 3. The molecule has 0 bridgehead atoms. The Balaban J connectivity index is 0.000000233. The van der Waals surface area contributed by atoms with Crippen molar-refractivity contribution in [2.24, 2.45) is 46.3 Å². The van der Waals surface area contributed by atoms with Crippen LogP contribution in [0.1, 0.15) is 78.6 Å². The summed E-state index contributed by atoms with van der Waals surface area (Å²) in [4.78, 5) is 55.4. The molecular formula is C44H50F2O8S2. The van der Waals surface area contributed by atoms with Crippen LogP contribution in [0.15, 0.2) is 106 Å². The van der Waals surface area contributed by atoms with Crippen molar-refractivity contribution in [2.45, 2.75) is 98.5 Å². The third-order valence-electron chi connectivity index (χ3n) is 13.4. The molecule has 0 aromatic heterocycles. The monoisotopic (exact) mass is 808 g/mol. The molecule has 3 aromatic carbocycles. The van der Waals surface area contributed by atoms with Crippen molar-refractivity contribution in [2.75, 3.05) is 6.61 Å². The van der Waals surface area contributed by atoms with Crippen LogP contribution in [0.5, 0.6) is 0 Å². The molecule has 300 valence electrons. The van der Waals surface area contributed by atoms with E-state index >= 15 is 0 Å². The third kappa shape index (κ3) is 8.29. The summed E-state index contributed by atoms with van der Waals surface area (Å²) in [7, 11) is -5.96. The molecular weight excluding hydrogens is 759 g/mol. The van der Waals surface area contributed by atoms with E-state index in [0.717, 1.165) is 0 Å². The number of carbonyl (C=O) groups excluding carboxylic acids is 4. The van der Waals surface area contributed by atoms with Gasteiger partial charge in [-0.25, -0.2) is 8.42 Å². The van der Waals surface area contributed by atoms with E-state index in [4.69, 9.17) is 0 Å². The first-order valence-corrected chi connectivity index (χ1v) is 22.1. The van der Waals surface area contributed by atoms with E-state index in [2.05, 4.69) is 103 Å². The van der Waals surface area contributed by atoms with Gasteiger partial charge in [-0.1, -0.05) is 75.4 Å². The number of benzene rings is 3. The number of ketones is 3. The maximum absolute atomic E-state index is 13.8. The fraction of sp³-hybridized carbons (Fsp3) is 0.500. The first-order valence-electron chi connectivity index (χ1n) is 19.4. The normalized spacial score (nSPS) is 29.3. The Morgan fingerprint density at radius 1 is 0.857 bits per heavy atom. The highest BCUT2D eigenvalue weighted by atomic mass is 32.2. The van der Waals surface area contributed by atoms with Crippen LogP contribution >= 0.6 is 0 Å². The van der Waals surface area contributed by atoms with Crippen LogP contribution in [0.4, 0.5) is 8.78 Å². The molecule has 8 nitrogen and oxygen atoms in total. The molecule has 4 saturated carbocycles. The van der Waals surface area contributed by atoms with Crippen LogP contribution in [-0.2, 0) is 44.9 Å². The van der Waals surface area contributed by atoms with Crippen molar-refractivity contribution in [1.82, 2.24) is 0 Å². The average molecular weight is 809 g/mol. The van der Waals surface area contributed by atoms with Gasteiger partial charge in [-0.3, -0.25) is 19.2 Å². The van der Waals surface area contributed by atoms with Crippen molar-refractivity contribution in [3.8, 4) is 0 Å².